The molecule has 0 heterocycles. The van der Waals surface area contributed by atoms with Gasteiger partial charge in [0.1, 0.15) is 0 Å². The molecule has 0 aliphatic rings. The van der Waals surface area contributed by atoms with Gasteiger partial charge in [-0.05, 0) is 12.3 Å². The summed E-state index contributed by atoms with van der Waals surface area (Å²) in [5, 5.41) is 2.08. The van der Waals surface area contributed by atoms with Crippen LogP contribution in [-0.4, -0.2) is 43.7 Å². The molecular weight excluding hydrogens is 221 g/mol. The van der Waals surface area contributed by atoms with Crippen molar-refractivity contribution in [1.82, 2.24) is 10.2 Å². The van der Waals surface area contributed by atoms with E-state index in [1.54, 1.807) is 7.05 Å². The standard InChI is InChI=1S/C10H19F3N2O/c1-8(2)4-5-15(3)9(16)6-14-7-10(11,12)13/h8,14H,4-7H2,1-3H3. The molecule has 0 saturated heterocycles. The van der Waals surface area contributed by atoms with Crippen LogP contribution in [0, 0.1) is 5.92 Å². The molecule has 0 fully saturated rings. The van der Waals surface area contributed by atoms with E-state index in [2.05, 4.69) is 5.32 Å². The van der Waals surface area contributed by atoms with E-state index >= 15 is 0 Å². The highest BCUT2D eigenvalue weighted by atomic mass is 19.4. The average Bonchev–Trinajstić information content (AvgIpc) is 2.11. The van der Waals surface area contributed by atoms with Crippen LogP contribution in [0.2, 0.25) is 0 Å². The molecular formula is C10H19F3N2O. The van der Waals surface area contributed by atoms with Gasteiger partial charge in [0.05, 0.1) is 13.1 Å². The Hall–Kier alpha value is -0.780. The summed E-state index contributed by atoms with van der Waals surface area (Å²) in [5.41, 5.74) is 0. The lowest BCUT2D eigenvalue weighted by Crippen LogP contribution is -2.39. The molecule has 0 aliphatic heterocycles. The quantitative estimate of drug-likeness (QED) is 0.765. The molecule has 0 saturated carbocycles. The molecule has 0 rings (SSSR count). The Morgan fingerprint density at radius 1 is 1.38 bits per heavy atom. The van der Waals surface area contributed by atoms with Crippen LogP contribution >= 0.6 is 0 Å². The van der Waals surface area contributed by atoms with Crippen LogP contribution < -0.4 is 5.32 Å². The second-order valence-corrected chi connectivity index (χ2v) is 4.22. The van der Waals surface area contributed by atoms with E-state index in [9.17, 15) is 18.0 Å². The van der Waals surface area contributed by atoms with E-state index in [0.29, 0.717) is 12.5 Å². The number of halogens is 3. The minimum Gasteiger partial charge on any atom is -0.345 e. The summed E-state index contributed by atoms with van der Waals surface area (Å²) in [5.74, 6) is 0.156. The fourth-order valence-corrected chi connectivity index (χ4v) is 1.02. The zero-order chi connectivity index (χ0) is 12.8. The monoisotopic (exact) mass is 240 g/mol. The van der Waals surface area contributed by atoms with Gasteiger partial charge in [-0.1, -0.05) is 13.8 Å². The maximum Gasteiger partial charge on any atom is 0.401 e. The largest absolute Gasteiger partial charge is 0.401 e. The fourth-order valence-electron chi connectivity index (χ4n) is 1.02. The highest BCUT2D eigenvalue weighted by Gasteiger charge is 2.26. The van der Waals surface area contributed by atoms with Crippen molar-refractivity contribution in [3.8, 4) is 0 Å². The van der Waals surface area contributed by atoms with Crippen LogP contribution in [0.1, 0.15) is 20.3 Å². The highest BCUT2D eigenvalue weighted by molar-refractivity contribution is 5.77. The van der Waals surface area contributed by atoms with E-state index in [1.807, 2.05) is 13.8 Å². The number of carbonyl (C=O) groups excluding carboxylic acids is 1. The molecule has 0 radical (unpaired) electrons. The normalized spacial score (nSPS) is 11.9. The van der Waals surface area contributed by atoms with Gasteiger partial charge >= 0.3 is 6.18 Å². The van der Waals surface area contributed by atoms with Crippen LogP contribution in [0.4, 0.5) is 13.2 Å². The Morgan fingerprint density at radius 3 is 2.38 bits per heavy atom. The molecule has 1 N–H and O–H groups in total. The van der Waals surface area contributed by atoms with Crippen LogP contribution in [-0.2, 0) is 4.79 Å². The molecule has 0 atom stereocenters. The molecule has 3 nitrogen and oxygen atoms in total. The molecule has 0 bridgehead atoms. The van der Waals surface area contributed by atoms with Crippen LogP contribution in [0.15, 0.2) is 0 Å². The van der Waals surface area contributed by atoms with E-state index in [-0.39, 0.29) is 12.5 Å². The SMILES string of the molecule is CC(C)CCN(C)C(=O)CNCC(F)(F)F. The molecule has 96 valence electrons. The van der Waals surface area contributed by atoms with E-state index < -0.39 is 12.7 Å². The smallest absolute Gasteiger partial charge is 0.345 e. The molecule has 0 aromatic carbocycles. The fraction of sp³-hybridized carbons (Fsp3) is 0.900. The minimum atomic E-state index is -4.27. The van der Waals surface area contributed by atoms with Crippen molar-refractivity contribution < 1.29 is 18.0 Å². The minimum absolute atomic E-state index is 0.270. The average molecular weight is 240 g/mol. The van der Waals surface area contributed by atoms with Crippen molar-refractivity contribution in [2.75, 3.05) is 26.7 Å². The summed E-state index contributed by atoms with van der Waals surface area (Å²) in [6.07, 6.45) is -3.42. The van der Waals surface area contributed by atoms with Crippen LogP contribution in [0.3, 0.4) is 0 Å². The molecule has 0 aliphatic carbocycles. The highest BCUT2D eigenvalue weighted by Crippen LogP contribution is 2.11. The van der Waals surface area contributed by atoms with Gasteiger partial charge in [-0.2, -0.15) is 13.2 Å². The number of hydrogen-bond donors (Lipinski definition) is 1. The van der Waals surface area contributed by atoms with Crippen molar-refractivity contribution in [3.05, 3.63) is 0 Å². The lowest BCUT2D eigenvalue weighted by Gasteiger charge is -2.18. The van der Waals surface area contributed by atoms with Gasteiger partial charge in [0.2, 0.25) is 5.91 Å². The summed E-state index contributed by atoms with van der Waals surface area (Å²) >= 11 is 0. The number of carbonyl (C=O) groups is 1. The Balaban J connectivity index is 3.71. The molecule has 1 amide bonds. The maximum absolute atomic E-state index is 11.8. The van der Waals surface area contributed by atoms with Gasteiger partial charge in [-0.25, -0.2) is 0 Å². The Labute approximate surface area is 94.0 Å². The van der Waals surface area contributed by atoms with Gasteiger partial charge in [0, 0.05) is 13.6 Å². The summed E-state index contributed by atoms with van der Waals surface area (Å²) in [6, 6.07) is 0. The summed E-state index contributed by atoms with van der Waals surface area (Å²) < 4.78 is 35.3. The Bertz CT molecular complexity index is 217. The molecule has 0 spiro atoms. The number of likely N-dealkylation sites (N-methyl/N-ethyl adjacent to an activating group) is 1. The third kappa shape index (κ3) is 8.52. The molecule has 16 heavy (non-hydrogen) atoms. The zero-order valence-corrected chi connectivity index (χ0v) is 9.90. The predicted molar refractivity (Wildman–Crippen MR) is 56.0 cm³/mol. The van der Waals surface area contributed by atoms with Crippen molar-refractivity contribution in [1.29, 1.82) is 0 Å². The molecule has 0 aromatic rings. The van der Waals surface area contributed by atoms with Crippen molar-refractivity contribution in [2.24, 2.45) is 5.92 Å². The summed E-state index contributed by atoms with van der Waals surface area (Å²) in [4.78, 5) is 12.8. The lowest BCUT2D eigenvalue weighted by molar-refractivity contribution is -0.133. The van der Waals surface area contributed by atoms with Gasteiger partial charge in [-0.3, -0.25) is 4.79 Å². The first-order valence-corrected chi connectivity index (χ1v) is 5.24. The number of nitrogens with one attached hydrogen (secondary N) is 1. The summed E-state index contributed by atoms with van der Waals surface area (Å²) in [7, 11) is 1.60. The lowest BCUT2D eigenvalue weighted by atomic mass is 10.1. The van der Waals surface area contributed by atoms with Gasteiger partial charge in [-0.15, -0.1) is 0 Å². The van der Waals surface area contributed by atoms with E-state index in [1.165, 1.54) is 4.90 Å². The number of rotatable bonds is 6. The first kappa shape index (κ1) is 15.2. The van der Waals surface area contributed by atoms with Gasteiger partial charge in [0.25, 0.3) is 0 Å². The Kier molecular flexibility index (Phi) is 6.40. The first-order valence-electron chi connectivity index (χ1n) is 5.24. The van der Waals surface area contributed by atoms with Crippen LogP contribution in [0.5, 0.6) is 0 Å². The number of alkyl halides is 3. The number of amides is 1. The van der Waals surface area contributed by atoms with Crippen molar-refractivity contribution in [2.45, 2.75) is 26.4 Å². The number of nitrogens with zero attached hydrogens (tertiary/aromatic N) is 1. The third-order valence-corrected chi connectivity index (χ3v) is 2.07. The van der Waals surface area contributed by atoms with E-state index in [4.69, 9.17) is 0 Å². The predicted octanol–water partition coefficient (Wildman–Crippen LogP) is 1.64. The second kappa shape index (κ2) is 6.73. The maximum atomic E-state index is 11.8. The van der Waals surface area contributed by atoms with Crippen molar-refractivity contribution >= 4 is 5.91 Å². The first-order chi connectivity index (χ1) is 7.22. The third-order valence-electron chi connectivity index (χ3n) is 2.07. The molecule has 6 heteroatoms. The Morgan fingerprint density at radius 2 is 1.94 bits per heavy atom. The van der Waals surface area contributed by atoms with Crippen LogP contribution in [0.25, 0.3) is 0 Å². The molecule has 0 unspecified atom stereocenters. The van der Waals surface area contributed by atoms with Gasteiger partial charge in [0.15, 0.2) is 0 Å². The number of hydrogen-bond acceptors (Lipinski definition) is 2. The zero-order valence-electron chi connectivity index (χ0n) is 9.90. The van der Waals surface area contributed by atoms with Gasteiger partial charge < -0.3 is 10.2 Å². The summed E-state index contributed by atoms with van der Waals surface area (Å²) in [6.45, 7) is 3.23. The van der Waals surface area contributed by atoms with E-state index in [0.717, 1.165) is 6.42 Å². The second-order valence-electron chi connectivity index (χ2n) is 4.22. The van der Waals surface area contributed by atoms with Crippen molar-refractivity contribution in [3.63, 3.8) is 0 Å². The molecule has 0 aromatic heterocycles. The topological polar surface area (TPSA) is 32.3 Å².